The van der Waals surface area contributed by atoms with Gasteiger partial charge >= 0.3 is 6.09 Å². The van der Waals surface area contributed by atoms with Crippen LogP contribution in [0.4, 0.5) is 10.5 Å². The molecule has 1 aromatic rings. The molecule has 1 amide bonds. The van der Waals surface area contributed by atoms with Crippen LogP contribution in [-0.4, -0.2) is 50.4 Å². The molecule has 1 aliphatic heterocycles. The van der Waals surface area contributed by atoms with E-state index in [-0.39, 0.29) is 6.09 Å². The van der Waals surface area contributed by atoms with E-state index in [9.17, 15) is 4.79 Å². The summed E-state index contributed by atoms with van der Waals surface area (Å²) in [5.74, 6) is 0.589. The van der Waals surface area contributed by atoms with E-state index >= 15 is 0 Å². The van der Waals surface area contributed by atoms with Gasteiger partial charge in [-0.15, -0.1) is 0 Å². The lowest BCUT2D eigenvalue weighted by Gasteiger charge is -2.26. The van der Waals surface area contributed by atoms with E-state index in [0.29, 0.717) is 32.1 Å². The normalized spacial score (nSPS) is 15.0. The zero-order valence-corrected chi connectivity index (χ0v) is 12.2. The molecule has 1 saturated heterocycles. The molecule has 1 heterocycles. The van der Waals surface area contributed by atoms with Crippen molar-refractivity contribution in [2.75, 3.05) is 44.3 Å². The van der Waals surface area contributed by atoms with Crippen LogP contribution in [0.5, 0.6) is 5.75 Å². The summed E-state index contributed by atoms with van der Waals surface area (Å²) >= 11 is 0. The van der Waals surface area contributed by atoms with E-state index in [2.05, 4.69) is 18.7 Å². The molecule has 0 bridgehead atoms. The fourth-order valence-corrected chi connectivity index (χ4v) is 2.24. The van der Waals surface area contributed by atoms with Crippen molar-refractivity contribution in [2.24, 2.45) is 0 Å². The van der Waals surface area contributed by atoms with Crippen LogP contribution < -0.4 is 9.64 Å². The van der Waals surface area contributed by atoms with Gasteiger partial charge in [-0.2, -0.15) is 0 Å². The molecule has 1 fully saturated rings. The summed E-state index contributed by atoms with van der Waals surface area (Å²) < 4.78 is 10.7. The predicted octanol–water partition coefficient (Wildman–Crippen LogP) is 2.36. The van der Waals surface area contributed by atoms with Gasteiger partial charge in [-0.05, 0) is 26.0 Å². The minimum absolute atomic E-state index is 0.301. The highest BCUT2D eigenvalue weighted by molar-refractivity contribution is 5.71. The van der Waals surface area contributed by atoms with Crippen LogP contribution in [0.2, 0.25) is 0 Å². The summed E-state index contributed by atoms with van der Waals surface area (Å²) in [6.07, 6.45) is -0.301. The summed E-state index contributed by atoms with van der Waals surface area (Å²) in [6, 6.07) is 7.66. The Balaban J connectivity index is 2.01. The molecule has 0 saturated carbocycles. The number of ether oxygens (including phenoxy) is 2. The standard InChI is InChI=1S/C15H22N2O3/c1-3-16(4-2)13-6-5-7-14(12-13)20-15(18)17-8-10-19-11-9-17/h5-7,12H,3-4,8-11H2,1-2H3. The Labute approximate surface area is 120 Å². The minimum Gasteiger partial charge on any atom is -0.410 e. The molecule has 20 heavy (non-hydrogen) atoms. The monoisotopic (exact) mass is 278 g/mol. The van der Waals surface area contributed by atoms with Gasteiger partial charge in [0, 0.05) is 37.9 Å². The Morgan fingerprint density at radius 1 is 1.30 bits per heavy atom. The Morgan fingerprint density at radius 2 is 2.00 bits per heavy atom. The second kappa shape index (κ2) is 7.14. The topological polar surface area (TPSA) is 42.0 Å². The first-order valence-electron chi connectivity index (χ1n) is 7.14. The van der Waals surface area contributed by atoms with E-state index in [4.69, 9.17) is 9.47 Å². The average molecular weight is 278 g/mol. The van der Waals surface area contributed by atoms with E-state index in [1.807, 2.05) is 24.3 Å². The van der Waals surface area contributed by atoms with Gasteiger partial charge in [-0.1, -0.05) is 6.07 Å². The SMILES string of the molecule is CCN(CC)c1cccc(OC(=O)N2CCOCC2)c1. The average Bonchev–Trinajstić information content (AvgIpc) is 2.50. The maximum Gasteiger partial charge on any atom is 0.415 e. The highest BCUT2D eigenvalue weighted by Crippen LogP contribution is 2.21. The number of amides is 1. The van der Waals surface area contributed by atoms with Crippen molar-refractivity contribution in [3.05, 3.63) is 24.3 Å². The Bertz CT molecular complexity index is 440. The molecule has 5 heteroatoms. The molecule has 0 spiro atoms. The highest BCUT2D eigenvalue weighted by Gasteiger charge is 2.18. The molecule has 0 N–H and O–H groups in total. The van der Waals surface area contributed by atoms with Crippen LogP contribution in [-0.2, 0) is 4.74 Å². The van der Waals surface area contributed by atoms with Crippen LogP contribution in [0, 0.1) is 0 Å². The summed E-state index contributed by atoms with van der Waals surface area (Å²) in [5, 5.41) is 0. The van der Waals surface area contributed by atoms with Crippen LogP contribution in [0.3, 0.4) is 0 Å². The second-order valence-corrected chi connectivity index (χ2v) is 4.64. The van der Waals surface area contributed by atoms with Crippen LogP contribution >= 0.6 is 0 Å². The largest absolute Gasteiger partial charge is 0.415 e. The van der Waals surface area contributed by atoms with Crippen LogP contribution in [0.1, 0.15) is 13.8 Å². The molecule has 110 valence electrons. The van der Waals surface area contributed by atoms with Gasteiger partial charge in [0.15, 0.2) is 0 Å². The lowest BCUT2D eigenvalue weighted by Crippen LogP contribution is -2.42. The molecule has 1 aromatic carbocycles. The fraction of sp³-hybridized carbons (Fsp3) is 0.533. The second-order valence-electron chi connectivity index (χ2n) is 4.64. The minimum atomic E-state index is -0.301. The third-order valence-electron chi connectivity index (χ3n) is 3.42. The Hall–Kier alpha value is -1.75. The fourth-order valence-electron chi connectivity index (χ4n) is 2.24. The lowest BCUT2D eigenvalue weighted by molar-refractivity contribution is 0.0416. The molecule has 0 radical (unpaired) electrons. The van der Waals surface area contributed by atoms with Crippen molar-refractivity contribution in [1.29, 1.82) is 0 Å². The number of rotatable bonds is 4. The van der Waals surface area contributed by atoms with E-state index in [1.54, 1.807) is 4.90 Å². The molecule has 0 atom stereocenters. The van der Waals surface area contributed by atoms with Gasteiger partial charge < -0.3 is 19.3 Å². The maximum absolute atomic E-state index is 12.0. The first kappa shape index (κ1) is 14.7. The molecule has 5 nitrogen and oxygen atoms in total. The molecular weight excluding hydrogens is 256 g/mol. The third kappa shape index (κ3) is 3.63. The zero-order chi connectivity index (χ0) is 14.4. The number of hydrogen-bond acceptors (Lipinski definition) is 4. The van der Waals surface area contributed by atoms with Gasteiger partial charge in [0.1, 0.15) is 5.75 Å². The molecule has 0 aromatic heterocycles. The zero-order valence-electron chi connectivity index (χ0n) is 12.2. The van der Waals surface area contributed by atoms with Crippen molar-refractivity contribution in [2.45, 2.75) is 13.8 Å². The molecule has 2 rings (SSSR count). The summed E-state index contributed by atoms with van der Waals surface area (Å²) in [4.78, 5) is 15.9. The van der Waals surface area contributed by atoms with Crippen LogP contribution in [0.15, 0.2) is 24.3 Å². The molecular formula is C15H22N2O3. The van der Waals surface area contributed by atoms with E-state index in [1.165, 1.54) is 0 Å². The van der Waals surface area contributed by atoms with Crippen molar-refractivity contribution < 1.29 is 14.3 Å². The molecule has 0 unspecified atom stereocenters. The van der Waals surface area contributed by atoms with Crippen molar-refractivity contribution in [1.82, 2.24) is 4.90 Å². The van der Waals surface area contributed by atoms with Gasteiger partial charge in [-0.3, -0.25) is 0 Å². The van der Waals surface area contributed by atoms with Gasteiger partial charge in [0.25, 0.3) is 0 Å². The number of morpholine rings is 1. The number of benzene rings is 1. The maximum atomic E-state index is 12.0. The lowest BCUT2D eigenvalue weighted by atomic mass is 10.2. The number of nitrogens with zero attached hydrogens (tertiary/aromatic N) is 2. The first-order chi connectivity index (χ1) is 9.74. The quantitative estimate of drug-likeness (QED) is 0.848. The highest BCUT2D eigenvalue weighted by atomic mass is 16.6. The van der Waals surface area contributed by atoms with Gasteiger partial charge in [0.2, 0.25) is 0 Å². The molecule has 1 aliphatic rings. The summed E-state index contributed by atoms with van der Waals surface area (Å²) in [6.45, 7) is 8.41. The van der Waals surface area contributed by atoms with Crippen molar-refractivity contribution >= 4 is 11.8 Å². The Kier molecular flexibility index (Phi) is 5.24. The number of hydrogen-bond donors (Lipinski definition) is 0. The molecule has 0 aliphatic carbocycles. The van der Waals surface area contributed by atoms with Crippen molar-refractivity contribution in [3.8, 4) is 5.75 Å². The third-order valence-corrected chi connectivity index (χ3v) is 3.42. The van der Waals surface area contributed by atoms with E-state index in [0.717, 1.165) is 18.8 Å². The van der Waals surface area contributed by atoms with Crippen LogP contribution in [0.25, 0.3) is 0 Å². The van der Waals surface area contributed by atoms with Gasteiger partial charge in [-0.25, -0.2) is 4.79 Å². The number of carbonyl (C=O) groups excluding carboxylic acids is 1. The summed E-state index contributed by atoms with van der Waals surface area (Å²) in [5.41, 5.74) is 1.07. The van der Waals surface area contributed by atoms with E-state index < -0.39 is 0 Å². The smallest absolute Gasteiger partial charge is 0.410 e. The van der Waals surface area contributed by atoms with Crippen molar-refractivity contribution in [3.63, 3.8) is 0 Å². The first-order valence-corrected chi connectivity index (χ1v) is 7.14. The number of anilines is 1. The van der Waals surface area contributed by atoms with Gasteiger partial charge in [0.05, 0.1) is 13.2 Å². The Morgan fingerprint density at radius 3 is 2.65 bits per heavy atom. The predicted molar refractivity (Wildman–Crippen MR) is 78.4 cm³/mol. The number of carbonyl (C=O) groups is 1. The summed E-state index contributed by atoms with van der Waals surface area (Å²) in [7, 11) is 0.